The number of nitrogens with zero attached hydrogens (tertiary/aromatic N) is 2. The van der Waals surface area contributed by atoms with Gasteiger partial charge in [-0.05, 0) is 32.9 Å². The Morgan fingerprint density at radius 2 is 2.19 bits per heavy atom. The normalized spacial score (nSPS) is 21.1. The second-order valence-corrected chi connectivity index (χ2v) is 6.20. The van der Waals surface area contributed by atoms with Crippen molar-refractivity contribution >= 4 is 23.2 Å². The van der Waals surface area contributed by atoms with Crippen LogP contribution in [0, 0.1) is 10.1 Å². The van der Waals surface area contributed by atoms with Crippen LogP contribution in [0.15, 0.2) is 18.2 Å². The maximum Gasteiger partial charge on any atom is 0.287 e. The number of halogens is 1. The topological polar surface area (TPSA) is 72.7 Å². The highest BCUT2D eigenvalue weighted by Gasteiger charge is 2.34. The molecule has 0 N–H and O–H groups in total. The van der Waals surface area contributed by atoms with Crippen molar-refractivity contribution in [3.63, 3.8) is 0 Å². The van der Waals surface area contributed by atoms with Gasteiger partial charge in [0.05, 0.1) is 16.6 Å². The summed E-state index contributed by atoms with van der Waals surface area (Å²) in [6.45, 7) is 6.70. The fraction of sp³-hybridized carbons (Fsp3) is 0.500. The van der Waals surface area contributed by atoms with Crippen molar-refractivity contribution in [3.8, 4) is 0 Å². The fourth-order valence-electron chi connectivity index (χ4n) is 2.58. The molecule has 6 nitrogen and oxygen atoms in total. The summed E-state index contributed by atoms with van der Waals surface area (Å²) < 4.78 is 5.75. The SMILES string of the molecule is CC1CN(C(=O)c2ccc([N+](=O)[O-])c(Cl)c2)CC(C)(C)O1. The van der Waals surface area contributed by atoms with Crippen molar-refractivity contribution in [3.05, 3.63) is 38.9 Å². The molecule has 114 valence electrons. The first kappa shape index (κ1) is 15.7. The first-order valence-electron chi connectivity index (χ1n) is 6.60. The first-order valence-corrected chi connectivity index (χ1v) is 6.98. The smallest absolute Gasteiger partial charge is 0.287 e. The summed E-state index contributed by atoms with van der Waals surface area (Å²) >= 11 is 5.85. The Morgan fingerprint density at radius 1 is 1.52 bits per heavy atom. The number of nitro benzene ring substituents is 1. The van der Waals surface area contributed by atoms with Gasteiger partial charge in [0.15, 0.2) is 0 Å². The van der Waals surface area contributed by atoms with Crippen LogP contribution in [-0.2, 0) is 4.74 Å². The van der Waals surface area contributed by atoms with E-state index in [0.717, 1.165) is 0 Å². The average Bonchev–Trinajstić information content (AvgIpc) is 2.34. The van der Waals surface area contributed by atoms with Gasteiger partial charge in [-0.15, -0.1) is 0 Å². The van der Waals surface area contributed by atoms with E-state index in [2.05, 4.69) is 0 Å². The molecule has 0 aromatic heterocycles. The Kier molecular flexibility index (Phi) is 4.20. The third-order valence-electron chi connectivity index (χ3n) is 3.25. The lowest BCUT2D eigenvalue weighted by Crippen LogP contribution is -2.53. The highest BCUT2D eigenvalue weighted by Crippen LogP contribution is 2.27. The highest BCUT2D eigenvalue weighted by atomic mass is 35.5. The molecule has 0 spiro atoms. The summed E-state index contributed by atoms with van der Waals surface area (Å²) in [6, 6.07) is 4.03. The van der Waals surface area contributed by atoms with Gasteiger partial charge in [-0.3, -0.25) is 14.9 Å². The van der Waals surface area contributed by atoms with E-state index in [4.69, 9.17) is 16.3 Å². The molecule has 1 aromatic rings. The van der Waals surface area contributed by atoms with Gasteiger partial charge in [0.25, 0.3) is 11.6 Å². The number of amides is 1. The van der Waals surface area contributed by atoms with Crippen molar-refractivity contribution in [2.45, 2.75) is 32.5 Å². The molecule has 1 aromatic carbocycles. The molecular formula is C14H17ClN2O4. The predicted molar refractivity (Wildman–Crippen MR) is 78.6 cm³/mol. The van der Waals surface area contributed by atoms with Crippen LogP contribution in [0.4, 0.5) is 5.69 Å². The molecule has 1 aliphatic rings. The Hall–Kier alpha value is -1.66. The number of carbonyl (C=O) groups excluding carboxylic acids is 1. The summed E-state index contributed by atoms with van der Waals surface area (Å²) in [5, 5.41) is 10.7. The molecule has 1 heterocycles. The van der Waals surface area contributed by atoms with Gasteiger partial charge in [-0.1, -0.05) is 11.6 Å². The largest absolute Gasteiger partial charge is 0.369 e. The molecule has 0 aliphatic carbocycles. The maximum absolute atomic E-state index is 12.5. The van der Waals surface area contributed by atoms with Crippen molar-refractivity contribution in [1.82, 2.24) is 4.90 Å². The quantitative estimate of drug-likeness (QED) is 0.621. The van der Waals surface area contributed by atoms with Crippen LogP contribution in [-0.4, -0.2) is 40.5 Å². The zero-order valence-corrected chi connectivity index (χ0v) is 12.9. The molecule has 1 saturated heterocycles. The molecule has 0 bridgehead atoms. The summed E-state index contributed by atoms with van der Waals surface area (Å²) in [7, 11) is 0. The first-order chi connectivity index (χ1) is 9.69. The summed E-state index contributed by atoms with van der Waals surface area (Å²) in [5.74, 6) is -0.199. The molecular weight excluding hydrogens is 296 g/mol. The molecule has 1 aliphatic heterocycles. The molecule has 1 fully saturated rings. The van der Waals surface area contributed by atoms with Crippen LogP contribution < -0.4 is 0 Å². The molecule has 1 atom stereocenters. The molecule has 0 radical (unpaired) electrons. The molecule has 1 unspecified atom stereocenters. The van der Waals surface area contributed by atoms with Crippen LogP contribution in [0.1, 0.15) is 31.1 Å². The number of benzene rings is 1. The highest BCUT2D eigenvalue weighted by molar-refractivity contribution is 6.33. The summed E-state index contributed by atoms with van der Waals surface area (Å²) in [5.41, 5.74) is -0.280. The number of rotatable bonds is 2. The van der Waals surface area contributed by atoms with E-state index >= 15 is 0 Å². The Bertz CT molecular complexity index is 588. The van der Waals surface area contributed by atoms with Gasteiger partial charge in [-0.2, -0.15) is 0 Å². The zero-order chi connectivity index (χ0) is 15.8. The van der Waals surface area contributed by atoms with Gasteiger partial charge in [0.2, 0.25) is 0 Å². The molecule has 1 amide bonds. The fourth-order valence-corrected chi connectivity index (χ4v) is 2.83. The monoisotopic (exact) mass is 312 g/mol. The number of hydrogen-bond acceptors (Lipinski definition) is 4. The number of nitro groups is 1. The molecule has 7 heteroatoms. The van der Waals surface area contributed by atoms with E-state index in [-0.39, 0.29) is 22.7 Å². The van der Waals surface area contributed by atoms with Crippen molar-refractivity contribution in [2.24, 2.45) is 0 Å². The van der Waals surface area contributed by atoms with E-state index in [1.165, 1.54) is 18.2 Å². The average molecular weight is 313 g/mol. The second-order valence-electron chi connectivity index (χ2n) is 5.80. The van der Waals surface area contributed by atoms with E-state index in [1.807, 2.05) is 20.8 Å². The third-order valence-corrected chi connectivity index (χ3v) is 3.55. The lowest BCUT2D eigenvalue weighted by Gasteiger charge is -2.41. The molecule has 0 saturated carbocycles. The van der Waals surface area contributed by atoms with Gasteiger partial charge >= 0.3 is 0 Å². The Labute approximate surface area is 127 Å². The lowest BCUT2D eigenvalue weighted by molar-refractivity contribution is -0.384. The van der Waals surface area contributed by atoms with E-state index < -0.39 is 10.5 Å². The summed E-state index contributed by atoms with van der Waals surface area (Å²) in [6.07, 6.45) is -0.0637. The third kappa shape index (κ3) is 3.51. The van der Waals surface area contributed by atoms with Gasteiger partial charge < -0.3 is 9.64 Å². The van der Waals surface area contributed by atoms with Crippen LogP contribution in [0.25, 0.3) is 0 Å². The number of hydrogen-bond donors (Lipinski definition) is 0. The van der Waals surface area contributed by atoms with Crippen LogP contribution in [0.5, 0.6) is 0 Å². The minimum absolute atomic E-state index is 0.0357. The molecule has 2 rings (SSSR count). The van der Waals surface area contributed by atoms with E-state index in [1.54, 1.807) is 4.90 Å². The van der Waals surface area contributed by atoms with Crippen LogP contribution in [0.3, 0.4) is 0 Å². The predicted octanol–water partition coefficient (Wildman–Crippen LogP) is 2.89. The summed E-state index contributed by atoms with van der Waals surface area (Å²) in [4.78, 5) is 24.4. The van der Waals surface area contributed by atoms with E-state index in [0.29, 0.717) is 18.7 Å². The van der Waals surface area contributed by atoms with Gasteiger partial charge in [0.1, 0.15) is 5.02 Å². The molecule has 21 heavy (non-hydrogen) atoms. The zero-order valence-electron chi connectivity index (χ0n) is 12.1. The number of carbonyl (C=O) groups is 1. The van der Waals surface area contributed by atoms with Crippen molar-refractivity contribution < 1.29 is 14.5 Å². The van der Waals surface area contributed by atoms with Gasteiger partial charge in [-0.25, -0.2) is 0 Å². The van der Waals surface area contributed by atoms with Crippen molar-refractivity contribution in [2.75, 3.05) is 13.1 Å². The number of ether oxygens (including phenoxy) is 1. The minimum Gasteiger partial charge on any atom is -0.369 e. The maximum atomic E-state index is 12.5. The standard InChI is InChI=1S/C14H17ClN2O4/c1-9-7-16(8-14(2,3)21-9)13(18)10-4-5-12(17(19)20)11(15)6-10/h4-6,9H,7-8H2,1-3H3. The number of morpholine rings is 1. The van der Waals surface area contributed by atoms with E-state index in [9.17, 15) is 14.9 Å². The van der Waals surface area contributed by atoms with Crippen molar-refractivity contribution in [1.29, 1.82) is 0 Å². The van der Waals surface area contributed by atoms with Crippen LogP contribution in [0.2, 0.25) is 5.02 Å². The lowest BCUT2D eigenvalue weighted by atomic mass is 10.0. The minimum atomic E-state index is -0.573. The second kappa shape index (κ2) is 5.61. The van der Waals surface area contributed by atoms with Gasteiger partial charge in [0, 0.05) is 24.7 Å². The Balaban J connectivity index is 2.24. The van der Waals surface area contributed by atoms with Crippen LogP contribution >= 0.6 is 11.6 Å². The Morgan fingerprint density at radius 3 is 2.71 bits per heavy atom.